The number of nitrogens with zero attached hydrogens (tertiary/aromatic N) is 1. The molecule has 9 heteroatoms. The number of guanidine groups is 1. The monoisotopic (exact) mass is 399 g/mol. The Labute approximate surface area is 149 Å². The number of halogens is 2. The minimum absolute atomic E-state index is 0.00237. The van der Waals surface area contributed by atoms with Gasteiger partial charge in [-0.25, -0.2) is 0 Å². The summed E-state index contributed by atoms with van der Waals surface area (Å²) in [5.74, 6) is -0.388. The Kier molecular flexibility index (Phi) is 7.53. The van der Waals surface area contributed by atoms with Crippen molar-refractivity contribution in [3.8, 4) is 0 Å². The molecule has 1 unspecified atom stereocenters. The molecular formula is C15H20BBrFN3O3. The van der Waals surface area contributed by atoms with Crippen molar-refractivity contribution in [1.82, 2.24) is 10.6 Å². The van der Waals surface area contributed by atoms with Crippen LogP contribution in [0.15, 0.2) is 27.7 Å². The van der Waals surface area contributed by atoms with Crippen LogP contribution in [0.1, 0.15) is 32.4 Å². The first-order valence-electron chi connectivity index (χ1n) is 7.28. The molecule has 1 atom stereocenters. The van der Waals surface area contributed by atoms with Crippen LogP contribution in [0.5, 0.6) is 0 Å². The molecule has 2 N–H and O–H groups in total. The predicted molar refractivity (Wildman–Crippen MR) is 94.0 cm³/mol. The Balaban J connectivity index is 2.91. The third-order valence-electron chi connectivity index (χ3n) is 2.82. The summed E-state index contributed by atoms with van der Waals surface area (Å²) in [5.41, 5.74) is -0.384. The van der Waals surface area contributed by atoms with E-state index in [1.165, 1.54) is 13.1 Å². The van der Waals surface area contributed by atoms with Crippen LogP contribution in [0.2, 0.25) is 6.32 Å². The first kappa shape index (κ1) is 20.3. The van der Waals surface area contributed by atoms with E-state index in [9.17, 15) is 13.9 Å². The molecule has 0 heterocycles. The van der Waals surface area contributed by atoms with Crippen molar-refractivity contribution in [3.63, 3.8) is 0 Å². The molecule has 1 aromatic rings. The van der Waals surface area contributed by atoms with Gasteiger partial charge in [-0.1, -0.05) is 0 Å². The third kappa shape index (κ3) is 6.78. The molecule has 0 saturated carbocycles. The van der Waals surface area contributed by atoms with E-state index in [1.807, 2.05) is 0 Å². The van der Waals surface area contributed by atoms with Gasteiger partial charge in [0.05, 0.1) is 0 Å². The third-order valence-corrected chi connectivity index (χ3v) is 3.31. The summed E-state index contributed by atoms with van der Waals surface area (Å²) < 4.78 is 30.8. The molecule has 1 rings (SSSR count). The topological polar surface area (TPSA) is 79.8 Å². The number of hydrogen-bond donors (Lipinski definition) is 2. The molecule has 0 aromatic heterocycles. The van der Waals surface area contributed by atoms with E-state index in [2.05, 4.69) is 31.6 Å². The van der Waals surface area contributed by atoms with Crippen LogP contribution in [0, 0.1) is 5.82 Å². The molecule has 130 valence electrons. The Bertz CT molecular complexity index is 635. The van der Waals surface area contributed by atoms with Crippen molar-refractivity contribution in [2.75, 3.05) is 7.05 Å². The molecule has 0 radical (unpaired) electrons. The van der Waals surface area contributed by atoms with Crippen molar-refractivity contribution in [2.24, 2.45) is 4.99 Å². The number of hydrogen-bond acceptors (Lipinski definition) is 4. The first-order chi connectivity index (χ1) is 11.2. The molecule has 0 saturated heterocycles. The summed E-state index contributed by atoms with van der Waals surface area (Å²) in [7, 11) is 2.12. The fourth-order valence-electron chi connectivity index (χ4n) is 1.86. The molecule has 1 aromatic carbocycles. The summed E-state index contributed by atoms with van der Waals surface area (Å²) in [6.07, 6.45) is -0.697. The van der Waals surface area contributed by atoms with Crippen molar-refractivity contribution < 1.29 is 18.6 Å². The molecule has 1 amide bonds. The number of amides is 1. The summed E-state index contributed by atoms with van der Waals surface area (Å²) in [4.78, 5) is 15.7. The average molecular weight is 400 g/mol. The average Bonchev–Trinajstić information content (AvgIpc) is 2.46. The van der Waals surface area contributed by atoms with Crippen molar-refractivity contribution in [2.45, 2.75) is 38.7 Å². The van der Waals surface area contributed by atoms with Crippen LogP contribution in [0.25, 0.3) is 0 Å². The number of ether oxygens (including phenoxy) is 1. The zero-order valence-electron chi connectivity index (χ0n) is 14.0. The molecule has 0 aliphatic carbocycles. The Morgan fingerprint density at radius 2 is 2.12 bits per heavy atom. The van der Waals surface area contributed by atoms with Crippen LogP contribution in [-0.2, 0) is 9.44 Å². The Morgan fingerprint density at radius 1 is 1.46 bits per heavy atom. The van der Waals surface area contributed by atoms with Crippen LogP contribution in [0.4, 0.5) is 9.18 Å². The second-order valence-electron chi connectivity index (χ2n) is 5.96. The maximum atomic E-state index is 14.1. The van der Waals surface area contributed by atoms with E-state index < -0.39 is 23.6 Å². The molecule has 0 spiro atoms. The Hall–Kier alpha value is -1.77. The molecule has 0 bridgehead atoms. The van der Waals surface area contributed by atoms with Crippen molar-refractivity contribution in [1.29, 1.82) is 0 Å². The van der Waals surface area contributed by atoms with Gasteiger partial charge in [0.15, 0.2) is 0 Å². The van der Waals surface area contributed by atoms with E-state index in [0.717, 1.165) is 0 Å². The normalized spacial score (nSPS) is 13.0. The summed E-state index contributed by atoms with van der Waals surface area (Å²) in [6.45, 7) is 5.19. The maximum absolute atomic E-state index is 14.1. The molecular weight excluding hydrogens is 380 g/mol. The van der Waals surface area contributed by atoms with Gasteiger partial charge in [-0.05, 0) is 0 Å². The number of alkyl carbamates (subject to hydrolysis) is 1. The summed E-state index contributed by atoms with van der Waals surface area (Å²) in [6, 6.07) is 3.73. The van der Waals surface area contributed by atoms with E-state index in [1.54, 1.807) is 32.9 Å². The minimum atomic E-state index is -0.699. The van der Waals surface area contributed by atoms with Gasteiger partial charge in [0.1, 0.15) is 0 Å². The van der Waals surface area contributed by atoms with Gasteiger partial charge in [-0.15, -0.1) is 0 Å². The van der Waals surface area contributed by atoms with Gasteiger partial charge in [-0.3, -0.25) is 0 Å². The van der Waals surface area contributed by atoms with Crippen LogP contribution in [-0.4, -0.2) is 31.9 Å². The second kappa shape index (κ2) is 8.91. The van der Waals surface area contributed by atoms with Crippen molar-refractivity contribution >= 4 is 35.1 Å². The number of aliphatic imine (C=N–C) groups is 1. The van der Waals surface area contributed by atoms with Crippen LogP contribution in [0.3, 0.4) is 0 Å². The number of carbonyl (C=O) groups is 1. The van der Waals surface area contributed by atoms with E-state index >= 15 is 0 Å². The summed E-state index contributed by atoms with van der Waals surface area (Å²) >= 11 is 3.27. The molecule has 0 aliphatic heterocycles. The Morgan fingerprint density at radius 3 is 2.67 bits per heavy atom. The van der Waals surface area contributed by atoms with Gasteiger partial charge in [0.2, 0.25) is 0 Å². The number of nitrogens with one attached hydrogen (secondary N) is 2. The number of rotatable bonds is 4. The standard InChI is InChI=1S/C15H20BBrFN3O3/c1-15(2,3)24-14(22)21-13(19-4)20-12(8-16-23)10-7-9(17)5-6-11(10)18/h5-7,12H,8H2,1-4H3,(H2,19,20,21,22). The first-order valence-corrected chi connectivity index (χ1v) is 8.07. The number of benzene rings is 1. The van der Waals surface area contributed by atoms with Gasteiger partial charge < -0.3 is 0 Å². The van der Waals surface area contributed by atoms with E-state index in [4.69, 9.17) is 4.74 Å². The second-order valence-corrected chi connectivity index (χ2v) is 6.88. The van der Waals surface area contributed by atoms with E-state index in [0.29, 0.717) is 11.6 Å². The van der Waals surface area contributed by atoms with Gasteiger partial charge in [-0.2, -0.15) is 0 Å². The molecule has 0 aliphatic rings. The van der Waals surface area contributed by atoms with Gasteiger partial charge in [0.25, 0.3) is 0 Å². The zero-order chi connectivity index (χ0) is 18.3. The van der Waals surface area contributed by atoms with E-state index in [-0.39, 0.29) is 17.8 Å². The predicted octanol–water partition coefficient (Wildman–Crippen LogP) is 3.20. The molecule has 24 heavy (non-hydrogen) atoms. The molecule has 0 fully saturated rings. The fourth-order valence-corrected chi connectivity index (χ4v) is 2.24. The summed E-state index contributed by atoms with van der Waals surface area (Å²) in [5, 5.41) is 5.30. The zero-order valence-corrected chi connectivity index (χ0v) is 15.6. The van der Waals surface area contributed by atoms with Crippen LogP contribution < -0.4 is 10.6 Å². The van der Waals surface area contributed by atoms with Gasteiger partial charge >= 0.3 is 149 Å². The van der Waals surface area contributed by atoms with Crippen LogP contribution >= 0.6 is 15.9 Å². The SMILES string of the molecule is CN=C(NC(=O)OC(C)(C)C)NC(CB=O)c1cc(Br)ccc1F. The quantitative estimate of drug-likeness (QED) is 0.462. The van der Waals surface area contributed by atoms with Crippen molar-refractivity contribution in [3.05, 3.63) is 34.1 Å². The van der Waals surface area contributed by atoms with Gasteiger partial charge in [0, 0.05) is 0 Å². The fraction of sp³-hybridized carbons (Fsp3) is 0.467. The number of carbonyl (C=O) groups excluding carboxylic acids is 1. The molecule has 6 nitrogen and oxygen atoms in total.